The fourth-order valence-corrected chi connectivity index (χ4v) is 3.48. The van der Waals surface area contributed by atoms with Crippen molar-refractivity contribution < 1.29 is 4.74 Å². The van der Waals surface area contributed by atoms with Crippen LogP contribution in [0.15, 0.2) is 47.6 Å². The Morgan fingerprint density at radius 3 is 2.74 bits per heavy atom. The van der Waals surface area contributed by atoms with Gasteiger partial charge in [-0.05, 0) is 78.9 Å². The summed E-state index contributed by atoms with van der Waals surface area (Å²) in [4.78, 5) is 0. The molecule has 0 aliphatic heterocycles. The van der Waals surface area contributed by atoms with Crippen LogP contribution in [-0.2, 0) is 19.4 Å². The van der Waals surface area contributed by atoms with Gasteiger partial charge in [0.15, 0.2) is 5.82 Å². The molecule has 0 radical (unpaired) electrons. The number of benzene rings is 2. The van der Waals surface area contributed by atoms with Crippen molar-refractivity contribution in [2.75, 3.05) is 0 Å². The molecule has 0 saturated heterocycles. The Bertz CT molecular complexity index is 1020. The zero-order valence-electron chi connectivity index (χ0n) is 14.7. The number of nitrogens with zero attached hydrogens (tertiary/aromatic N) is 3. The highest BCUT2D eigenvalue weighted by molar-refractivity contribution is 7.71. The van der Waals surface area contributed by atoms with Crippen molar-refractivity contribution in [3.63, 3.8) is 0 Å². The van der Waals surface area contributed by atoms with Gasteiger partial charge >= 0.3 is 0 Å². The number of fused-ring (bicyclic) bond motifs is 1. The zero-order valence-corrected chi connectivity index (χ0v) is 16.3. The van der Waals surface area contributed by atoms with E-state index in [2.05, 4.69) is 27.4 Å². The summed E-state index contributed by atoms with van der Waals surface area (Å²) in [6, 6.07) is 13.7. The molecule has 3 aromatic rings. The lowest BCUT2D eigenvalue weighted by atomic mass is 9.92. The average Bonchev–Trinajstić information content (AvgIpc) is 3.05. The molecule has 5 nitrogen and oxygen atoms in total. The lowest BCUT2D eigenvalue weighted by molar-refractivity contribution is 0.290. The number of rotatable bonds is 5. The van der Waals surface area contributed by atoms with Crippen molar-refractivity contribution in [2.24, 2.45) is 5.10 Å². The normalized spacial score (nSPS) is 13.7. The molecule has 0 spiro atoms. The molecule has 1 heterocycles. The highest BCUT2D eigenvalue weighted by atomic mass is 35.5. The first-order valence-corrected chi connectivity index (χ1v) is 9.68. The average molecular weight is 399 g/mol. The van der Waals surface area contributed by atoms with E-state index in [0.29, 0.717) is 15.6 Å². The van der Waals surface area contributed by atoms with Crippen LogP contribution in [0.25, 0.3) is 0 Å². The lowest BCUT2D eigenvalue weighted by Crippen LogP contribution is -2.06. The van der Waals surface area contributed by atoms with Gasteiger partial charge in [0.1, 0.15) is 12.4 Å². The Morgan fingerprint density at radius 2 is 1.93 bits per heavy atom. The van der Waals surface area contributed by atoms with Crippen molar-refractivity contribution in [1.29, 1.82) is 0 Å². The van der Waals surface area contributed by atoms with Crippen LogP contribution < -0.4 is 4.74 Å². The van der Waals surface area contributed by atoms with Gasteiger partial charge < -0.3 is 4.74 Å². The number of aromatic amines is 1. The van der Waals surface area contributed by atoms with Gasteiger partial charge in [-0.2, -0.15) is 14.9 Å². The van der Waals surface area contributed by atoms with Gasteiger partial charge in [-0.25, -0.2) is 5.10 Å². The van der Waals surface area contributed by atoms with Crippen LogP contribution in [0.1, 0.15) is 35.4 Å². The van der Waals surface area contributed by atoms with Crippen LogP contribution in [0.2, 0.25) is 5.02 Å². The molecule has 138 valence electrons. The van der Waals surface area contributed by atoms with Gasteiger partial charge in [-0.1, -0.05) is 29.8 Å². The second kappa shape index (κ2) is 8.06. The third-order valence-corrected chi connectivity index (χ3v) is 5.11. The Morgan fingerprint density at radius 1 is 1.15 bits per heavy atom. The topological polar surface area (TPSA) is 55.2 Å². The number of hydrogen-bond acceptors (Lipinski definition) is 4. The van der Waals surface area contributed by atoms with E-state index < -0.39 is 0 Å². The fraction of sp³-hybridized carbons (Fsp3) is 0.250. The summed E-state index contributed by atoms with van der Waals surface area (Å²) in [5, 5.41) is 12.1. The van der Waals surface area contributed by atoms with Gasteiger partial charge in [0.05, 0.1) is 6.21 Å². The molecular weight excluding hydrogens is 380 g/mol. The highest BCUT2D eigenvalue weighted by Gasteiger charge is 2.11. The van der Waals surface area contributed by atoms with E-state index in [1.807, 2.05) is 30.3 Å². The van der Waals surface area contributed by atoms with Crippen LogP contribution in [-0.4, -0.2) is 21.1 Å². The molecule has 2 aromatic carbocycles. The largest absolute Gasteiger partial charge is 0.486 e. The summed E-state index contributed by atoms with van der Waals surface area (Å²) in [5.74, 6) is 1.46. The van der Waals surface area contributed by atoms with Gasteiger partial charge in [-0.3, -0.25) is 0 Å². The minimum absolute atomic E-state index is 0.282. The summed E-state index contributed by atoms with van der Waals surface area (Å²) in [6.45, 7) is 0.282. The highest BCUT2D eigenvalue weighted by Crippen LogP contribution is 2.25. The first-order valence-electron chi connectivity index (χ1n) is 8.90. The summed E-state index contributed by atoms with van der Waals surface area (Å²) in [5.41, 5.74) is 3.74. The third kappa shape index (κ3) is 4.28. The second-order valence-electron chi connectivity index (χ2n) is 6.48. The molecule has 27 heavy (non-hydrogen) atoms. The molecule has 1 aliphatic rings. The molecule has 0 fully saturated rings. The van der Waals surface area contributed by atoms with Crippen LogP contribution in [0.4, 0.5) is 0 Å². The monoisotopic (exact) mass is 398 g/mol. The fourth-order valence-electron chi connectivity index (χ4n) is 3.16. The predicted molar refractivity (Wildman–Crippen MR) is 109 cm³/mol. The molecule has 7 heteroatoms. The van der Waals surface area contributed by atoms with E-state index in [-0.39, 0.29) is 6.61 Å². The molecule has 0 saturated carbocycles. The number of nitrogens with one attached hydrogen (secondary N) is 1. The number of halogens is 1. The molecule has 1 N–H and O–H groups in total. The number of ether oxygens (including phenoxy) is 1. The minimum atomic E-state index is 0.282. The number of hydrogen-bond donors (Lipinski definition) is 1. The molecule has 1 aromatic heterocycles. The third-order valence-electron chi connectivity index (χ3n) is 4.60. The zero-order chi connectivity index (χ0) is 18.6. The van der Waals surface area contributed by atoms with E-state index in [9.17, 15) is 0 Å². The SMILES string of the molecule is S=c1[nH]nc(COc2ccc3c(c2)CCCC3)n1/N=C/c1ccc(Cl)cc1. The van der Waals surface area contributed by atoms with Gasteiger partial charge in [-0.15, -0.1) is 0 Å². The van der Waals surface area contributed by atoms with Crippen molar-refractivity contribution in [3.8, 4) is 5.75 Å². The Hall–Kier alpha value is -2.44. The summed E-state index contributed by atoms with van der Waals surface area (Å²) in [6.07, 6.45) is 6.51. The quantitative estimate of drug-likeness (QED) is 0.489. The molecule has 4 rings (SSSR count). The summed E-state index contributed by atoms with van der Waals surface area (Å²) < 4.78 is 7.93. The first kappa shape index (κ1) is 17.9. The lowest BCUT2D eigenvalue weighted by Gasteiger charge is -2.16. The maximum absolute atomic E-state index is 5.94. The molecule has 0 unspecified atom stereocenters. The molecule has 0 atom stereocenters. The van der Waals surface area contributed by atoms with Crippen molar-refractivity contribution in [3.05, 3.63) is 74.8 Å². The number of aryl methyl sites for hydroxylation is 2. The number of H-pyrrole nitrogens is 1. The van der Waals surface area contributed by atoms with Crippen LogP contribution >= 0.6 is 23.8 Å². The van der Waals surface area contributed by atoms with Gasteiger partial charge in [0, 0.05) is 5.02 Å². The maximum atomic E-state index is 5.94. The minimum Gasteiger partial charge on any atom is -0.486 e. The molecular formula is C20H19ClN4OS. The van der Waals surface area contributed by atoms with Crippen molar-refractivity contribution in [1.82, 2.24) is 14.9 Å². The van der Waals surface area contributed by atoms with Gasteiger partial charge in [0.25, 0.3) is 0 Å². The first-order chi connectivity index (χ1) is 13.2. The van der Waals surface area contributed by atoms with Gasteiger partial charge in [0.2, 0.25) is 4.77 Å². The summed E-state index contributed by atoms with van der Waals surface area (Å²) in [7, 11) is 0. The van der Waals surface area contributed by atoms with E-state index in [4.69, 9.17) is 28.6 Å². The number of aromatic nitrogens is 3. The van der Waals surface area contributed by atoms with Crippen LogP contribution in [0, 0.1) is 4.77 Å². The molecule has 1 aliphatic carbocycles. The smallest absolute Gasteiger partial charge is 0.216 e. The van der Waals surface area contributed by atoms with E-state index in [1.165, 1.54) is 24.0 Å². The standard InChI is InChI=1S/C20H19ClN4OS/c21-17-8-5-14(6-9-17)12-22-25-19(23-24-20(25)27)13-26-18-10-7-15-3-1-2-4-16(15)11-18/h5-12H,1-4,13H2,(H,24,27)/b22-12+. The van der Waals surface area contributed by atoms with Crippen molar-refractivity contribution >= 4 is 30.0 Å². The van der Waals surface area contributed by atoms with E-state index >= 15 is 0 Å². The van der Waals surface area contributed by atoms with E-state index in [0.717, 1.165) is 24.2 Å². The Labute approximate surface area is 167 Å². The Kier molecular flexibility index (Phi) is 5.36. The maximum Gasteiger partial charge on any atom is 0.216 e. The molecule has 0 bridgehead atoms. The van der Waals surface area contributed by atoms with Crippen LogP contribution in [0.5, 0.6) is 5.75 Å². The van der Waals surface area contributed by atoms with E-state index in [1.54, 1.807) is 10.9 Å². The molecule has 0 amide bonds. The second-order valence-corrected chi connectivity index (χ2v) is 7.30. The predicted octanol–water partition coefficient (Wildman–Crippen LogP) is 4.93. The van der Waals surface area contributed by atoms with Crippen LogP contribution in [0.3, 0.4) is 0 Å². The Balaban J connectivity index is 1.48. The summed E-state index contributed by atoms with van der Waals surface area (Å²) >= 11 is 11.2. The van der Waals surface area contributed by atoms with Crippen molar-refractivity contribution in [2.45, 2.75) is 32.3 Å².